The summed E-state index contributed by atoms with van der Waals surface area (Å²) in [7, 11) is 0. The van der Waals surface area contributed by atoms with Crippen molar-refractivity contribution >= 4 is 15.9 Å². The lowest BCUT2D eigenvalue weighted by Gasteiger charge is -1.88. The van der Waals surface area contributed by atoms with Crippen LogP contribution in [0.15, 0.2) is 15.2 Å². The Morgan fingerprint density at radius 3 is 3.00 bits per heavy atom. The molecule has 1 heterocycles. The van der Waals surface area contributed by atoms with Crippen molar-refractivity contribution in [2.24, 2.45) is 0 Å². The molecular formula is C7H10BrNO. The second-order valence-electron chi connectivity index (χ2n) is 2.22. The molecule has 56 valence electrons. The lowest BCUT2D eigenvalue weighted by atomic mass is 10.2. The summed E-state index contributed by atoms with van der Waals surface area (Å²) in [5.74, 6) is 0.966. The summed E-state index contributed by atoms with van der Waals surface area (Å²) in [6.07, 6.45) is 3.36. The number of rotatable bonds is 3. The van der Waals surface area contributed by atoms with Crippen LogP contribution in [0.25, 0.3) is 0 Å². The van der Waals surface area contributed by atoms with Crippen LogP contribution in [0, 0.1) is 0 Å². The summed E-state index contributed by atoms with van der Waals surface area (Å²) < 4.78 is 5.76. The van der Waals surface area contributed by atoms with Crippen molar-refractivity contribution in [2.75, 3.05) is 0 Å². The van der Waals surface area contributed by atoms with Crippen molar-refractivity contribution in [1.29, 1.82) is 0 Å². The van der Waals surface area contributed by atoms with Gasteiger partial charge in [-0.15, -0.1) is 0 Å². The Bertz CT molecular complexity index is 197. The summed E-state index contributed by atoms with van der Waals surface area (Å²) in [6.45, 7) is 2.16. The van der Waals surface area contributed by atoms with E-state index in [4.69, 9.17) is 4.52 Å². The zero-order valence-electron chi connectivity index (χ0n) is 5.93. The Kier molecular flexibility index (Phi) is 2.93. The highest BCUT2D eigenvalue weighted by Gasteiger charge is 1.98. The van der Waals surface area contributed by atoms with E-state index < -0.39 is 0 Å². The fourth-order valence-electron chi connectivity index (χ4n) is 0.757. The van der Waals surface area contributed by atoms with Crippen molar-refractivity contribution in [2.45, 2.75) is 26.2 Å². The first kappa shape index (κ1) is 7.79. The Morgan fingerprint density at radius 1 is 1.70 bits per heavy atom. The minimum absolute atomic E-state index is 0.790. The third kappa shape index (κ3) is 2.14. The molecule has 0 saturated carbocycles. The molecule has 0 aliphatic heterocycles. The number of halogens is 1. The van der Waals surface area contributed by atoms with E-state index in [1.54, 1.807) is 0 Å². The Hall–Kier alpha value is -0.310. The van der Waals surface area contributed by atoms with Gasteiger partial charge in [0.25, 0.3) is 0 Å². The highest BCUT2D eigenvalue weighted by molar-refractivity contribution is 9.10. The Labute approximate surface area is 68.7 Å². The van der Waals surface area contributed by atoms with Crippen molar-refractivity contribution in [3.63, 3.8) is 0 Å². The van der Waals surface area contributed by atoms with Gasteiger partial charge in [-0.25, -0.2) is 0 Å². The molecule has 0 saturated heterocycles. The van der Waals surface area contributed by atoms with Crippen molar-refractivity contribution < 1.29 is 4.52 Å². The topological polar surface area (TPSA) is 26.0 Å². The molecule has 0 aliphatic carbocycles. The average Bonchev–Trinajstić information content (AvgIpc) is 2.31. The van der Waals surface area contributed by atoms with E-state index in [1.807, 2.05) is 6.07 Å². The molecule has 10 heavy (non-hydrogen) atoms. The largest absolute Gasteiger partial charge is 0.360 e. The van der Waals surface area contributed by atoms with Gasteiger partial charge in [0, 0.05) is 12.5 Å². The minimum Gasteiger partial charge on any atom is -0.360 e. The molecule has 2 nitrogen and oxygen atoms in total. The maximum absolute atomic E-state index is 4.97. The van der Waals surface area contributed by atoms with Gasteiger partial charge in [0.05, 0.1) is 0 Å². The molecule has 0 N–H and O–H groups in total. The molecule has 0 atom stereocenters. The van der Waals surface area contributed by atoms with Crippen LogP contribution in [0.2, 0.25) is 0 Å². The standard InChI is InChI=1S/C7H10BrNO/c1-2-3-4-6-5-7(8)9-10-6/h5H,2-4H2,1H3. The molecule has 0 aromatic carbocycles. The first-order valence-corrected chi connectivity index (χ1v) is 4.23. The van der Waals surface area contributed by atoms with Crippen molar-refractivity contribution in [3.05, 3.63) is 16.4 Å². The third-order valence-electron chi connectivity index (χ3n) is 1.31. The van der Waals surface area contributed by atoms with Gasteiger partial charge in [-0.1, -0.05) is 18.5 Å². The SMILES string of the molecule is CCCCc1cc(Br)no1. The summed E-state index contributed by atoms with van der Waals surface area (Å²) in [5, 5.41) is 3.71. The summed E-state index contributed by atoms with van der Waals surface area (Å²) in [4.78, 5) is 0. The monoisotopic (exact) mass is 203 g/mol. The average molecular weight is 204 g/mol. The predicted molar refractivity (Wildman–Crippen MR) is 42.8 cm³/mol. The summed E-state index contributed by atoms with van der Waals surface area (Å²) in [6, 6.07) is 1.91. The maximum atomic E-state index is 4.97. The second-order valence-corrected chi connectivity index (χ2v) is 3.03. The van der Waals surface area contributed by atoms with Crippen LogP contribution >= 0.6 is 15.9 Å². The highest BCUT2D eigenvalue weighted by atomic mass is 79.9. The normalized spacial score (nSPS) is 10.2. The van der Waals surface area contributed by atoms with Gasteiger partial charge >= 0.3 is 0 Å². The fourth-order valence-corrected chi connectivity index (χ4v) is 1.08. The molecule has 0 fully saturated rings. The predicted octanol–water partition coefficient (Wildman–Crippen LogP) is 2.78. The zero-order chi connectivity index (χ0) is 7.40. The quantitative estimate of drug-likeness (QED) is 0.756. The van der Waals surface area contributed by atoms with Crippen LogP contribution in [0.3, 0.4) is 0 Å². The molecule has 0 unspecified atom stereocenters. The molecule has 3 heteroatoms. The highest BCUT2D eigenvalue weighted by Crippen LogP contribution is 2.11. The first-order valence-electron chi connectivity index (χ1n) is 3.44. The minimum atomic E-state index is 0.790. The molecule has 0 spiro atoms. The van der Waals surface area contributed by atoms with Gasteiger partial charge in [0.2, 0.25) is 0 Å². The first-order chi connectivity index (χ1) is 4.83. The molecule has 1 aromatic heterocycles. The smallest absolute Gasteiger partial charge is 0.149 e. The molecule has 0 amide bonds. The second kappa shape index (κ2) is 3.76. The molecule has 1 aromatic rings. The summed E-state index contributed by atoms with van der Waals surface area (Å²) >= 11 is 3.22. The van der Waals surface area contributed by atoms with Gasteiger partial charge in [-0.3, -0.25) is 0 Å². The van der Waals surface area contributed by atoms with E-state index in [9.17, 15) is 0 Å². The Balaban J connectivity index is 2.42. The van der Waals surface area contributed by atoms with Gasteiger partial charge in [-0.2, -0.15) is 0 Å². The number of aromatic nitrogens is 1. The number of unbranched alkanes of at least 4 members (excludes halogenated alkanes) is 1. The van der Waals surface area contributed by atoms with Gasteiger partial charge in [0.1, 0.15) is 10.4 Å². The van der Waals surface area contributed by atoms with Gasteiger partial charge in [0.15, 0.2) is 0 Å². The number of aryl methyl sites for hydroxylation is 1. The van der Waals surface area contributed by atoms with Crippen LogP contribution in [-0.2, 0) is 6.42 Å². The Morgan fingerprint density at radius 2 is 2.50 bits per heavy atom. The molecule has 0 aliphatic rings. The number of hydrogen-bond donors (Lipinski definition) is 0. The molecule has 0 radical (unpaired) electrons. The van der Waals surface area contributed by atoms with E-state index in [1.165, 1.54) is 12.8 Å². The maximum Gasteiger partial charge on any atom is 0.149 e. The molecular weight excluding hydrogens is 194 g/mol. The van der Waals surface area contributed by atoms with Crippen LogP contribution in [0.1, 0.15) is 25.5 Å². The summed E-state index contributed by atoms with van der Waals surface area (Å²) in [5.41, 5.74) is 0. The van der Waals surface area contributed by atoms with E-state index in [-0.39, 0.29) is 0 Å². The van der Waals surface area contributed by atoms with E-state index in [2.05, 4.69) is 28.0 Å². The molecule has 0 bridgehead atoms. The fraction of sp³-hybridized carbons (Fsp3) is 0.571. The van der Waals surface area contributed by atoms with E-state index in [0.29, 0.717) is 0 Å². The van der Waals surface area contributed by atoms with Gasteiger partial charge in [-0.05, 0) is 22.4 Å². The number of nitrogens with zero attached hydrogens (tertiary/aromatic N) is 1. The zero-order valence-corrected chi connectivity index (χ0v) is 7.52. The third-order valence-corrected chi connectivity index (χ3v) is 1.68. The van der Waals surface area contributed by atoms with Crippen LogP contribution in [0.5, 0.6) is 0 Å². The van der Waals surface area contributed by atoms with Gasteiger partial charge < -0.3 is 4.52 Å². The van der Waals surface area contributed by atoms with E-state index >= 15 is 0 Å². The van der Waals surface area contributed by atoms with E-state index in [0.717, 1.165) is 16.8 Å². The van der Waals surface area contributed by atoms with Crippen LogP contribution in [0.4, 0.5) is 0 Å². The molecule has 1 rings (SSSR count). The van der Waals surface area contributed by atoms with Crippen LogP contribution < -0.4 is 0 Å². The van der Waals surface area contributed by atoms with Crippen molar-refractivity contribution in [1.82, 2.24) is 5.16 Å². The van der Waals surface area contributed by atoms with Crippen LogP contribution in [-0.4, -0.2) is 5.16 Å². The lowest BCUT2D eigenvalue weighted by Crippen LogP contribution is -1.78. The lowest BCUT2D eigenvalue weighted by molar-refractivity contribution is 0.377. The number of hydrogen-bond acceptors (Lipinski definition) is 2. The van der Waals surface area contributed by atoms with Crippen molar-refractivity contribution in [3.8, 4) is 0 Å².